The molecular formula is C17H16ClN3O2. The molecule has 0 spiro atoms. The fourth-order valence-corrected chi connectivity index (χ4v) is 2.18. The van der Waals surface area contributed by atoms with Crippen LogP contribution in [0.4, 0.5) is 10.5 Å². The van der Waals surface area contributed by atoms with E-state index in [1.165, 1.54) is 12.1 Å². The normalized spacial score (nSPS) is 11.4. The molecule has 0 heterocycles. The van der Waals surface area contributed by atoms with Gasteiger partial charge in [0.15, 0.2) is 0 Å². The number of rotatable bonds is 4. The van der Waals surface area contributed by atoms with E-state index >= 15 is 0 Å². The van der Waals surface area contributed by atoms with Crippen molar-refractivity contribution in [2.45, 2.75) is 13.0 Å². The second kappa shape index (κ2) is 7.63. The molecular weight excluding hydrogens is 314 g/mol. The molecule has 0 aliphatic rings. The van der Waals surface area contributed by atoms with Gasteiger partial charge in [0.2, 0.25) is 0 Å². The topological polar surface area (TPSA) is 85.2 Å². The van der Waals surface area contributed by atoms with Gasteiger partial charge in [-0.2, -0.15) is 5.26 Å². The van der Waals surface area contributed by atoms with Crippen LogP contribution in [-0.4, -0.2) is 17.7 Å². The number of aryl methyl sites for hydroxylation is 1. The Kier molecular flexibility index (Phi) is 5.58. The lowest BCUT2D eigenvalue weighted by Gasteiger charge is -2.13. The van der Waals surface area contributed by atoms with Crippen molar-refractivity contribution in [3.63, 3.8) is 0 Å². The number of benzene rings is 2. The maximum Gasteiger partial charge on any atom is 0.319 e. The third-order valence-electron chi connectivity index (χ3n) is 3.27. The second-order valence-electron chi connectivity index (χ2n) is 5.07. The summed E-state index contributed by atoms with van der Waals surface area (Å²) in [7, 11) is 0. The number of urea groups is 1. The molecule has 0 aliphatic heterocycles. The number of carbonyl (C=O) groups is 1. The molecule has 0 radical (unpaired) electrons. The summed E-state index contributed by atoms with van der Waals surface area (Å²) in [4.78, 5) is 11.8. The van der Waals surface area contributed by atoms with Crippen molar-refractivity contribution in [3.8, 4) is 6.07 Å². The van der Waals surface area contributed by atoms with Crippen molar-refractivity contribution in [2.75, 3.05) is 11.9 Å². The average Bonchev–Trinajstić information content (AvgIpc) is 2.53. The van der Waals surface area contributed by atoms with Gasteiger partial charge in [0.25, 0.3) is 0 Å². The maximum atomic E-state index is 11.8. The molecule has 0 aliphatic carbocycles. The first-order valence-corrected chi connectivity index (χ1v) is 7.36. The van der Waals surface area contributed by atoms with Gasteiger partial charge in [-0.05, 0) is 30.7 Å². The van der Waals surface area contributed by atoms with Crippen LogP contribution in [0.5, 0.6) is 0 Å². The highest BCUT2D eigenvalue weighted by atomic mass is 35.5. The van der Waals surface area contributed by atoms with Crippen LogP contribution in [0.2, 0.25) is 5.02 Å². The monoisotopic (exact) mass is 329 g/mol. The van der Waals surface area contributed by atoms with Crippen LogP contribution in [0, 0.1) is 18.3 Å². The number of hydrogen-bond acceptors (Lipinski definition) is 3. The minimum Gasteiger partial charge on any atom is -0.387 e. The van der Waals surface area contributed by atoms with Crippen LogP contribution >= 0.6 is 11.6 Å². The zero-order valence-corrected chi connectivity index (χ0v) is 13.3. The lowest BCUT2D eigenvalue weighted by atomic mass is 10.1. The fourth-order valence-electron chi connectivity index (χ4n) is 1.95. The Balaban J connectivity index is 1.89. The van der Waals surface area contributed by atoms with Gasteiger partial charge in [0.1, 0.15) is 6.07 Å². The van der Waals surface area contributed by atoms with Gasteiger partial charge in [-0.1, -0.05) is 41.4 Å². The molecule has 0 aromatic heterocycles. The van der Waals surface area contributed by atoms with Crippen molar-refractivity contribution in [1.82, 2.24) is 5.32 Å². The average molecular weight is 330 g/mol. The number of nitrogens with zero attached hydrogens (tertiary/aromatic N) is 1. The van der Waals surface area contributed by atoms with E-state index in [9.17, 15) is 9.90 Å². The molecule has 6 heteroatoms. The first-order chi connectivity index (χ1) is 11.0. The summed E-state index contributed by atoms with van der Waals surface area (Å²) in [5.74, 6) is 0. The van der Waals surface area contributed by atoms with Crippen LogP contribution in [0.15, 0.2) is 42.5 Å². The lowest BCUT2D eigenvalue weighted by Crippen LogP contribution is -2.32. The molecule has 2 aromatic rings. The summed E-state index contributed by atoms with van der Waals surface area (Å²) in [5.41, 5.74) is 2.64. The highest BCUT2D eigenvalue weighted by Gasteiger charge is 2.10. The van der Waals surface area contributed by atoms with Gasteiger partial charge in [0.05, 0.1) is 16.7 Å². The van der Waals surface area contributed by atoms with Crippen molar-refractivity contribution in [1.29, 1.82) is 5.26 Å². The number of aliphatic hydroxyl groups is 1. The third-order valence-corrected chi connectivity index (χ3v) is 3.58. The van der Waals surface area contributed by atoms with Gasteiger partial charge < -0.3 is 15.7 Å². The summed E-state index contributed by atoms with van der Waals surface area (Å²) in [6, 6.07) is 13.5. The first-order valence-electron chi connectivity index (χ1n) is 6.98. The zero-order chi connectivity index (χ0) is 16.8. The quantitative estimate of drug-likeness (QED) is 0.803. The van der Waals surface area contributed by atoms with Crippen molar-refractivity contribution in [2.24, 2.45) is 0 Å². The zero-order valence-electron chi connectivity index (χ0n) is 12.5. The largest absolute Gasteiger partial charge is 0.387 e. The van der Waals surface area contributed by atoms with Gasteiger partial charge in [-0.25, -0.2) is 4.79 Å². The number of carbonyl (C=O) groups excluding carboxylic acids is 1. The molecule has 0 bridgehead atoms. The van der Waals surface area contributed by atoms with E-state index in [2.05, 4.69) is 10.6 Å². The molecule has 0 saturated heterocycles. The van der Waals surface area contributed by atoms with E-state index in [0.717, 1.165) is 11.1 Å². The summed E-state index contributed by atoms with van der Waals surface area (Å²) >= 11 is 5.90. The van der Waals surface area contributed by atoms with Gasteiger partial charge in [0, 0.05) is 12.2 Å². The van der Waals surface area contributed by atoms with Crippen molar-refractivity contribution < 1.29 is 9.90 Å². The minimum atomic E-state index is -0.786. The van der Waals surface area contributed by atoms with E-state index in [-0.39, 0.29) is 11.6 Å². The molecule has 0 fully saturated rings. The predicted molar refractivity (Wildman–Crippen MR) is 89.3 cm³/mol. The molecule has 118 valence electrons. The Morgan fingerprint density at radius 3 is 2.61 bits per heavy atom. The number of hydrogen-bond donors (Lipinski definition) is 3. The summed E-state index contributed by atoms with van der Waals surface area (Å²) in [6.45, 7) is 2.05. The smallest absolute Gasteiger partial charge is 0.319 e. The molecule has 23 heavy (non-hydrogen) atoms. The van der Waals surface area contributed by atoms with Crippen molar-refractivity contribution in [3.05, 3.63) is 64.2 Å². The van der Waals surface area contributed by atoms with Crippen LogP contribution < -0.4 is 10.6 Å². The number of halogens is 1. The Morgan fingerprint density at radius 2 is 2.00 bits per heavy atom. The maximum absolute atomic E-state index is 11.8. The van der Waals surface area contributed by atoms with E-state index < -0.39 is 12.1 Å². The SMILES string of the molecule is Cc1ccc([C@H](O)CNC(=O)Nc2ccc(C#N)c(Cl)c2)cc1. The highest BCUT2D eigenvalue weighted by molar-refractivity contribution is 6.32. The molecule has 2 amide bonds. The van der Waals surface area contributed by atoms with Crippen LogP contribution in [-0.2, 0) is 0 Å². The molecule has 3 N–H and O–H groups in total. The van der Waals surface area contributed by atoms with E-state index in [0.29, 0.717) is 11.3 Å². The van der Waals surface area contributed by atoms with Crippen LogP contribution in [0.3, 0.4) is 0 Å². The Bertz CT molecular complexity index is 738. The van der Waals surface area contributed by atoms with E-state index in [1.807, 2.05) is 37.3 Å². The van der Waals surface area contributed by atoms with E-state index in [4.69, 9.17) is 16.9 Å². The molecule has 1 atom stereocenters. The second-order valence-corrected chi connectivity index (χ2v) is 5.48. The van der Waals surface area contributed by atoms with Crippen LogP contribution in [0.1, 0.15) is 22.8 Å². The lowest BCUT2D eigenvalue weighted by molar-refractivity contribution is 0.175. The molecule has 2 aromatic carbocycles. The summed E-state index contributed by atoms with van der Waals surface area (Å²) in [5, 5.41) is 24.3. The molecule has 2 rings (SSSR count). The molecule has 0 saturated carbocycles. The Hall–Kier alpha value is -2.55. The predicted octanol–water partition coefficient (Wildman–Crippen LogP) is 3.38. The van der Waals surface area contributed by atoms with Gasteiger partial charge in [-0.3, -0.25) is 0 Å². The number of amides is 2. The first kappa shape index (κ1) is 16.8. The Morgan fingerprint density at radius 1 is 1.30 bits per heavy atom. The highest BCUT2D eigenvalue weighted by Crippen LogP contribution is 2.20. The standard InChI is InChI=1S/C17H16ClN3O2/c1-11-2-4-12(5-3-11)16(22)10-20-17(23)21-14-7-6-13(9-19)15(18)8-14/h2-8,16,22H,10H2,1H3,(H2,20,21,23)/t16-/m1/s1. The van der Waals surface area contributed by atoms with Crippen molar-refractivity contribution >= 4 is 23.3 Å². The number of nitrogens with one attached hydrogen (secondary N) is 2. The minimum absolute atomic E-state index is 0.0822. The van der Waals surface area contributed by atoms with E-state index in [1.54, 1.807) is 6.07 Å². The number of nitriles is 1. The fraction of sp³-hybridized carbons (Fsp3) is 0.176. The Labute approximate surface area is 139 Å². The van der Waals surface area contributed by atoms with Gasteiger partial charge in [-0.15, -0.1) is 0 Å². The number of aliphatic hydroxyl groups excluding tert-OH is 1. The van der Waals surface area contributed by atoms with Crippen LogP contribution in [0.25, 0.3) is 0 Å². The van der Waals surface area contributed by atoms with Gasteiger partial charge >= 0.3 is 6.03 Å². The summed E-state index contributed by atoms with van der Waals surface area (Å²) < 4.78 is 0. The summed E-state index contributed by atoms with van der Waals surface area (Å²) in [6.07, 6.45) is -0.786. The molecule has 0 unspecified atom stereocenters. The third kappa shape index (κ3) is 4.71. The number of anilines is 1. The molecule has 5 nitrogen and oxygen atoms in total.